The summed E-state index contributed by atoms with van der Waals surface area (Å²) >= 11 is 0. The molecule has 3 rings (SSSR count). The number of hydrogen-bond acceptors (Lipinski definition) is 6. The van der Waals surface area contributed by atoms with E-state index in [1.54, 1.807) is 0 Å². The van der Waals surface area contributed by atoms with Crippen LogP contribution in [0.5, 0.6) is 0 Å². The van der Waals surface area contributed by atoms with Gasteiger partial charge < -0.3 is 10.6 Å². The van der Waals surface area contributed by atoms with Crippen LogP contribution in [0.3, 0.4) is 0 Å². The van der Waals surface area contributed by atoms with Crippen molar-refractivity contribution in [2.75, 3.05) is 22.1 Å². The van der Waals surface area contributed by atoms with Gasteiger partial charge in [0.1, 0.15) is 5.69 Å². The zero-order valence-corrected chi connectivity index (χ0v) is 15.6. The molecule has 1 unspecified atom stereocenters. The van der Waals surface area contributed by atoms with E-state index in [0.717, 1.165) is 0 Å². The van der Waals surface area contributed by atoms with Gasteiger partial charge in [-0.3, -0.25) is 4.79 Å². The summed E-state index contributed by atoms with van der Waals surface area (Å²) in [5, 5.41) is 5.80. The van der Waals surface area contributed by atoms with Crippen LogP contribution in [0.2, 0.25) is 0 Å². The van der Waals surface area contributed by atoms with Crippen molar-refractivity contribution in [2.45, 2.75) is 32.2 Å². The van der Waals surface area contributed by atoms with E-state index in [4.69, 9.17) is 0 Å². The van der Waals surface area contributed by atoms with E-state index >= 15 is 0 Å². The van der Waals surface area contributed by atoms with Gasteiger partial charge in [-0.15, -0.1) is 0 Å². The number of aromatic nitrogens is 2. The number of sulfone groups is 1. The Morgan fingerprint density at radius 3 is 2.54 bits per heavy atom. The van der Waals surface area contributed by atoms with Crippen LogP contribution in [0.25, 0.3) is 0 Å². The fraction of sp³-hybridized carbons (Fsp3) is 0.389. The topological polar surface area (TPSA) is 101 Å². The van der Waals surface area contributed by atoms with Crippen molar-refractivity contribution in [1.82, 2.24) is 9.97 Å². The summed E-state index contributed by atoms with van der Waals surface area (Å²) in [6.45, 7) is 4.22. The lowest BCUT2D eigenvalue weighted by atomic mass is 10.0. The van der Waals surface area contributed by atoms with E-state index in [0.29, 0.717) is 18.0 Å². The SMILES string of the molecule is CC(C)c1ccc(NC(=O)c2ccnc(NC3CCS(=O)(=O)C3)n2)cc1. The molecule has 1 amide bonds. The minimum Gasteiger partial charge on any atom is -0.350 e. The first-order chi connectivity index (χ1) is 12.3. The predicted octanol–water partition coefficient (Wildman–Crippen LogP) is 2.45. The fourth-order valence-electron chi connectivity index (χ4n) is 2.79. The maximum atomic E-state index is 12.4. The molecule has 1 atom stereocenters. The lowest BCUT2D eigenvalue weighted by Gasteiger charge is -2.11. The zero-order valence-electron chi connectivity index (χ0n) is 14.8. The molecular weight excluding hydrogens is 352 g/mol. The molecule has 2 aromatic rings. The molecule has 26 heavy (non-hydrogen) atoms. The second-order valence-corrected chi connectivity index (χ2v) is 8.97. The average Bonchev–Trinajstić information content (AvgIpc) is 2.94. The first-order valence-corrected chi connectivity index (χ1v) is 10.4. The number of rotatable bonds is 5. The van der Waals surface area contributed by atoms with E-state index in [1.807, 2.05) is 24.3 Å². The molecule has 1 saturated heterocycles. The minimum atomic E-state index is -2.99. The Bertz CT molecular complexity index is 895. The van der Waals surface area contributed by atoms with Crippen LogP contribution in [0.15, 0.2) is 36.5 Å². The summed E-state index contributed by atoms with van der Waals surface area (Å²) in [4.78, 5) is 20.7. The monoisotopic (exact) mass is 374 g/mol. The predicted molar refractivity (Wildman–Crippen MR) is 101 cm³/mol. The van der Waals surface area contributed by atoms with Crippen molar-refractivity contribution >= 4 is 27.4 Å². The van der Waals surface area contributed by atoms with Crippen LogP contribution in [-0.2, 0) is 9.84 Å². The van der Waals surface area contributed by atoms with Gasteiger partial charge in [0.15, 0.2) is 9.84 Å². The van der Waals surface area contributed by atoms with Crippen LogP contribution < -0.4 is 10.6 Å². The van der Waals surface area contributed by atoms with Gasteiger partial charge in [-0.1, -0.05) is 26.0 Å². The molecular formula is C18H22N4O3S. The highest BCUT2D eigenvalue weighted by Gasteiger charge is 2.28. The number of carbonyl (C=O) groups excluding carboxylic acids is 1. The number of amides is 1. The Hall–Kier alpha value is -2.48. The van der Waals surface area contributed by atoms with Crippen LogP contribution in [0.1, 0.15) is 42.2 Å². The molecule has 8 heteroatoms. The molecule has 0 bridgehead atoms. The molecule has 138 valence electrons. The fourth-order valence-corrected chi connectivity index (χ4v) is 4.47. The third kappa shape index (κ3) is 4.57. The molecule has 1 aromatic carbocycles. The maximum absolute atomic E-state index is 12.4. The van der Waals surface area contributed by atoms with Crippen molar-refractivity contribution < 1.29 is 13.2 Å². The first kappa shape index (κ1) is 18.3. The Balaban J connectivity index is 1.66. The summed E-state index contributed by atoms with van der Waals surface area (Å²) in [6, 6.07) is 8.98. The molecule has 0 aliphatic carbocycles. The van der Waals surface area contributed by atoms with E-state index in [-0.39, 0.29) is 35.1 Å². The molecule has 0 spiro atoms. The van der Waals surface area contributed by atoms with Crippen molar-refractivity contribution in [3.63, 3.8) is 0 Å². The standard InChI is InChI=1S/C18H22N4O3S/c1-12(2)13-3-5-14(6-4-13)20-17(23)16-7-9-19-18(22-16)21-15-8-10-26(24,25)11-15/h3-7,9,12,15H,8,10-11H2,1-2H3,(H,20,23)(H,19,21,22). The second-order valence-electron chi connectivity index (χ2n) is 6.74. The maximum Gasteiger partial charge on any atom is 0.274 e. The van der Waals surface area contributed by atoms with Crippen LogP contribution in [-0.4, -0.2) is 41.8 Å². The molecule has 2 N–H and O–H groups in total. The minimum absolute atomic E-state index is 0.0645. The summed E-state index contributed by atoms with van der Waals surface area (Å²) < 4.78 is 23.1. The number of anilines is 2. The number of benzene rings is 1. The van der Waals surface area contributed by atoms with Crippen molar-refractivity contribution in [3.05, 3.63) is 47.8 Å². The number of hydrogen-bond donors (Lipinski definition) is 2. The molecule has 1 aliphatic rings. The summed E-state index contributed by atoms with van der Waals surface area (Å²) in [6.07, 6.45) is 2.00. The lowest BCUT2D eigenvalue weighted by Crippen LogP contribution is -2.23. The Morgan fingerprint density at radius 1 is 1.19 bits per heavy atom. The van der Waals surface area contributed by atoms with Crippen molar-refractivity contribution in [3.8, 4) is 0 Å². The lowest BCUT2D eigenvalue weighted by molar-refractivity contribution is 0.102. The van der Waals surface area contributed by atoms with E-state index in [9.17, 15) is 13.2 Å². The van der Waals surface area contributed by atoms with Gasteiger partial charge in [0.2, 0.25) is 5.95 Å². The summed E-state index contributed by atoms with van der Waals surface area (Å²) in [7, 11) is -2.99. The van der Waals surface area contributed by atoms with Gasteiger partial charge in [0.25, 0.3) is 5.91 Å². The first-order valence-electron chi connectivity index (χ1n) is 8.54. The van der Waals surface area contributed by atoms with Crippen molar-refractivity contribution in [2.24, 2.45) is 0 Å². The molecule has 0 saturated carbocycles. The van der Waals surface area contributed by atoms with Gasteiger partial charge >= 0.3 is 0 Å². The molecule has 1 fully saturated rings. The average molecular weight is 374 g/mol. The van der Waals surface area contributed by atoms with Gasteiger partial charge in [-0.05, 0) is 36.1 Å². The Labute approximate surface area is 153 Å². The zero-order chi connectivity index (χ0) is 18.7. The molecule has 1 aromatic heterocycles. The quantitative estimate of drug-likeness (QED) is 0.834. The van der Waals surface area contributed by atoms with Gasteiger partial charge in [-0.25, -0.2) is 18.4 Å². The van der Waals surface area contributed by atoms with Crippen LogP contribution >= 0.6 is 0 Å². The molecule has 7 nitrogen and oxygen atoms in total. The van der Waals surface area contributed by atoms with Gasteiger partial charge in [0.05, 0.1) is 11.5 Å². The summed E-state index contributed by atoms with van der Waals surface area (Å²) in [5.74, 6) is 0.572. The van der Waals surface area contributed by atoms with Crippen LogP contribution in [0.4, 0.5) is 11.6 Å². The highest BCUT2D eigenvalue weighted by molar-refractivity contribution is 7.91. The Morgan fingerprint density at radius 2 is 1.92 bits per heavy atom. The number of carbonyl (C=O) groups is 1. The second kappa shape index (κ2) is 7.41. The van der Waals surface area contributed by atoms with Crippen LogP contribution in [0, 0.1) is 0 Å². The van der Waals surface area contributed by atoms with Gasteiger partial charge in [-0.2, -0.15) is 0 Å². The highest BCUT2D eigenvalue weighted by Crippen LogP contribution is 2.18. The molecule has 2 heterocycles. The number of nitrogens with one attached hydrogen (secondary N) is 2. The van der Waals surface area contributed by atoms with Gasteiger partial charge in [0, 0.05) is 17.9 Å². The van der Waals surface area contributed by atoms with E-state index in [2.05, 4.69) is 34.4 Å². The van der Waals surface area contributed by atoms with E-state index in [1.165, 1.54) is 17.8 Å². The van der Waals surface area contributed by atoms with Crippen molar-refractivity contribution in [1.29, 1.82) is 0 Å². The largest absolute Gasteiger partial charge is 0.350 e. The smallest absolute Gasteiger partial charge is 0.274 e. The van der Waals surface area contributed by atoms with E-state index < -0.39 is 9.84 Å². The third-order valence-electron chi connectivity index (χ3n) is 4.29. The molecule has 0 radical (unpaired) electrons. The highest BCUT2D eigenvalue weighted by atomic mass is 32.2. The Kier molecular flexibility index (Phi) is 5.22. The summed E-state index contributed by atoms with van der Waals surface area (Å²) in [5.41, 5.74) is 2.11. The number of nitrogens with zero attached hydrogens (tertiary/aromatic N) is 2. The normalized spacial score (nSPS) is 18.7. The molecule has 1 aliphatic heterocycles. The third-order valence-corrected chi connectivity index (χ3v) is 6.06.